The number of aryl methyl sites for hydroxylation is 1. The van der Waals surface area contributed by atoms with Gasteiger partial charge in [0, 0.05) is 32.0 Å². The summed E-state index contributed by atoms with van der Waals surface area (Å²) in [6.45, 7) is 9.84. The Balaban J connectivity index is 2.10. The Kier molecular flexibility index (Phi) is 5.31. The molecule has 0 saturated heterocycles. The Morgan fingerprint density at radius 1 is 1.00 bits per heavy atom. The lowest BCUT2D eigenvalue weighted by molar-refractivity contribution is 0.227. The zero-order chi connectivity index (χ0) is 14.4. The second-order valence-electron chi connectivity index (χ2n) is 5.85. The van der Waals surface area contributed by atoms with Gasteiger partial charge in [-0.2, -0.15) is 0 Å². The highest BCUT2D eigenvalue weighted by Crippen LogP contribution is 2.14. The minimum atomic E-state index is 0.667. The number of pyridine rings is 1. The number of hydrogen-bond donors (Lipinski definition) is 0. The van der Waals surface area contributed by atoms with Crippen LogP contribution in [0.3, 0.4) is 0 Å². The summed E-state index contributed by atoms with van der Waals surface area (Å²) >= 11 is 0. The van der Waals surface area contributed by atoms with Crippen molar-refractivity contribution in [1.82, 2.24) is 9.88 Å². The van der Waals surface area contributed by atoms with Crippen LogP contribution in [0.15, 0.2) is 48.8 Å². The molecule has 2 heteroatoms. The van der Waals surface area contributed by atoms with E-state index in [-0.39, 0.29) is 0 Å². The van der Waals surface area contributed by atoms with Gasteiger partial charge in [0.05, 0.1) is 0 Å². The number of hydrogen-bond acceptors (Lipinski definition) is 2. The van der Waals surface area contributed by atoms with E-state index < -0.39 is 0 Å². The molecule has 0 amide bonds. The summed E-state index contributed by atoms with van der Waals surface area (Å²) in [5.41, 5.74) is 4.12. The lowest BCUT2D eigenvalue weighted by Gasteiger charge is -2.25. The standard InChI is InChI=1S/C18H24N2/c1-15(2)12-20(13-17-8-10-19-11-9-17)14-18-7-5-4-6-16(18)3/h4-11,15H,12-14H2,1-3H3. The van der Waals surface area contributed by atoms with Crippen LogP contribution in [-0.4, -0.2) is 16.4 Å². The molecule has 0 fully saturated rings. The van der Waals surface area contributed by atoms with Crippen molar-refractivity contribution < 1.29 is 0 Å². The number of rotatable bonds is 6. The molecule has 1 aromatic carbocycles. The minimum Gasteiger partial charge on any atom is -0.295 e. The molecular formula is C18H24N2. The first kappa shape index (κ1) is 14.7. The summed E-state index contributed by atoms with van der Waals surface area (Å²) in [5.74, 6) is 0.667. The molecule has 2 aromatic rings. The smallest absolute Gasteiger partial charge is 0.0271 e. The maximum atomic E-state index is 4.09. The fourth-order valence-corrected chi connectivity index (χ4v) is 2.48. The summed E-state index contributed by atoms with van der Waals surface area (Å²) in [4.78, 5) is 6.61. The van der Waals surface area contributed by atoms with Crippen molar-refractivity contribution in [2.24, 2.45) is 5.92 Å². The third-order valence-corrected chi connectivity index (χ3v) is 3.43. The van der Waals surface area contributed by atoms with Crippen LogP contribution in [0.4, 0.5) is 0 Å². The van der Waals surface area contributed by atoms with Crippen molar-refractivity contribution >= 4 is 0 Å². The van der Waals surface area contributed by atoms with Crippen molar-refractivity contribution in [2.45, 2.75) is 33.9 Å². The van der Waals surface area contributed by atoms with Crippen LogP contribution in [0.1, 0.15) is 30.5 Å². The molecule has 0 atom stereocenters. The Morgan fingerprint density at radius 2 is 1.70 bits per heavy atom. The van der Waals surface area contributed by atoms with Crippen molar-refractivity contribution in [3.05, 3.63) is 65.5 Å². The molecule has 0 unspecified atom stereocenters. The van der Waals surface area contributed by atoms with Gasteiger partial charge in [-0.05, 0) is 41.7 Å². The highest BCUT2D eigenvalue weighted by Gasteiger charge is 2.10. The van der Waals surface area contributed by atoms with E-state index in [4.69, 9.17) is 0 Å². The van der Waals surface area contributed by atoms with E-state index in [0.29, 0.717) is 5.92 Å². The van der Waals surface area contributed by atoms with Crippen molar-refractivity contribution in [1.29, 1.82) is 0 Å². The maximum Gasteiger partial charge on any atom is 0.0271 e. The molecule has 0 radical (unpaired) electrons. The molecule has 0 spiro atoms. The first-order chi connectivity index (χ1) is 9.65. The predicted molar refractivity (Wildman–Crippen MR) is 84.4 cm³/mol. The molecule has 1 aromatic heterocycles. The van der Waals surface area contributed by atoms with Gasteiger partial charge in [-0.15, -0.1) is 0 Å². The molecule has 0 aliphatic carbocycles. The van der Waals surface area contributed by atoms with E-state index in [1.54, 1.807) is 0 Å². The molecule has 0 N–H and O–H groups in total. The van der Waals surface area contributed by atoms with Gasteiger partial charge in [0.25, 0.3) is 0 Å². The Bertz CT molecular complexity index is 520. The van der Waals surface area contributed by atoms with E-state index in [1.165, 1.54) is 16.7 Å². The van der Waals surface area contributed by atoms with Gasteiger partial charge in [-0.1, -0.05) is 38.1 Å². The number of aromatic nitrogens is 1. The van der Waals surface area contributed by atoms with E-state index in [0.717, 1.165) is 19.6 Å². The topological polar surface area (TPSA) is 16.1 Å². The van der Waals surface area contributed by atoms with Crippen molar-refractivity contribution in [3.63, 3.8) is 0 Å². The van der Waals surface area contributed by atoms with Crippen LogP contribution >= 0.6 is 0 Å². The molecular weight excluding hydrogens is 244 g/mol. The van der Waals surface area contributed by atoms with Crippen LogP contribution in [0.5, 0.6) is 0 Å². The molecule has 106 valence electrons. The zero-order valence-electron chi connectivity index (χ0n) is 12.7. The third kappa shape index (κ3) is 4.46. The zero-order valence-corrected chi connectivity index (χ0v) is 12.7. The molecule has 0 saturated carbocycles. The van der Waals surface area contributed by atoms with Crippen LogP contribution in [0, 0.1) is 12.8 Å². The second-order valence-corrected chi connectivity index (χ2v) is 5.85. The molecule has 0 bridgehead atoms. The number of nitrogens with zero attached hydrogens (tertiary/aromatic N) is 2. The Morgan fingerprint density at radius 3 is 2.35 bits per heavy atom. The summed E-state index contributed by atoms with van der Waals surface area (Å²) in [7, 11) is 0. The van der Waals surface area contributed by atoms with Gasteiger partial charge in [0.15, 0.2) is 0 Å². The van der Waals surface area contributed by atoms with Gasteiger partial charge >= 0.3 is 0 Å². The van der Waals surface area contributed by atoms with Crippen LogP contribution in [-0.2, 0) is 13.1 Å². The van der Waals surface area contributed by atoms with Gasteiger partial charge in [-0.3, -0.25) is 9.88 Å². The minimum absolute atomic E-state index is 0.667. The quantitative estimate of drug-likeness (QED) is 0.785. The molecule has 0 aliphatic heterocycles. The summed E-state index contributed by atoms with van der Waals surface area (Å²) < 4.78 is 0. The first-order valence-electron chi connectivity index (χ1n) is 7.31. The predicted octanol–water partition coefficient (Wildman–Crippen LogP) is 4.05. The van der Waals surface area contributed by atoms with Crippen LogP contribution in [0.25, 0.3) is 0 Å². The summed E-state index contributed by atoms with van der Waals surface area (Å²) in [5, 5.41) is 0. The second kappa shape index (κ2) is 7.20. The first-order valence-corrected chi connectivity index (χ1v) is 7.31. The van der Waals surface area contributed by atoms with Gasteiger partial charge in [0.1, 0.15) is 0 Å². The van der Waals surface area contributed by atoms with Crippen molar-refractivity contribution in [2.75, 3.05) is 6.54 Å². The molecule has 2 rings (SSSR count). The molecule has 1 heterocycles. The van der Waals surface area contributed by atoms with E-state index in [9.17, 15) is 0 Å². The van der Waals surface area contributed by atoms with Crippen LogP contribution < -0.4 is 0 Å². The van der Waals surface area contributed by atoms with E-state index >= 15 is 0 Å². The molecule has 2 nitrogen and oxygen atoms in total. The summed E-state index contributed by atoms with van der Waals surface area (Å²) in [6.07, 6.45) is 3.74. The lowest BCUT2D eigenvalue weighted by atomic mass is 10.1. The SMILES string of the molecule is Cc1ccccc1CN(Cc1ccncc1)CC(C)C. The fraction of sp³-hybridized carbons (Fsp3) is 0.389. The van der Waals surface area contributed by atoms with E-state index in [1.807, 2.05) is 12.4 Å². The van der Waals surface area contributed by atoms with Gasteiger partial charge < -0.3 is 0 Å². The normalized spacial score (nSPS) is 11.2. The highest BCUT2D eigenvalue weighted by molar-refractivity contribution is 5.25. The largest absolute Gasteiger partial charge is 0.295 e. The third-order valence-electron chi connectivity index (χ3n) is 3.43. The lowest BCUT2D eigenvalue weighted by Crippen LogP contribution is -2.27. The average Bonchev–Trinajstić information content (AvgIpc) is 2.42. The highest BCUT2D eigenvalue weighted by atomic mass is 15.1. The monoisotopic (exact) mass is 268 g/mol. The summed E-state index contributed by atoms with van der Waals surface area (Å²) in [6, 6.07) is 12.9. The molecule has 20 heavy (non-hydrogen) atoms. The fourth-order valence-electron chi connectivity index (χ4n) is 2.48. The Hall–Kier alpha value is -1.67. The van der Waals surface area contributed by atoms with Crippen LogP contribution in [0.2, 0.25) is 0 Å². The molecule has 0 aliphatic rings. The van der Waals surface area contributed by atoms with Gasteiger partial charge in [0.2, 0.25) is 0 Å². The van der Waals surface area contributed by atoms with E-state index in [2.05, 4.69) is 67.1 Å². The maximum absolute atomic E-state index is 4.09. The van der Waals surface area contributed by atoms with Gasteiger partial charge in [-0.25, -0.2) is 0 Å². The van der Waals surface area contributed by atoms with Crippen molar-refractivity contribution in [3.8, 4) is 0 Å². The number of benzene rings is 1. The average molecular weight is 268 g/mol. The Labute approximate surface area is 122 Å².